The average Bonchev–Trinajstić information content (AvgIpc) is 2.40. The van der Waals surface area contributed by atoms with Crippen LogP contribution in [-0.2, 0) is 14.3 Å². The highest BCUT2D eigenvalue weighted by Gasteiger charge is 2.15. The fourth-order valence-electron chi connectivity index (χ4n) is 1.38. The van der Waals surface area contributed by atoms with Crippen molar-refractivity contribution < 1.29 is 24.5 Å². The quantitative estimate of drug-likeness (QED) is 0.341. The zero-order valence-electron chi connectivity index (χ0n) is 11.7. The molecule has 3 N–H and O–H groups in total. The normalized spacial score (nSPS) is 15.0. The second kappa shape index (κ2) is 10.4. The Morgan fingerprint density at radius 2 is 1.70 bits per heavy atom. The summed E-state index contributed by atoms with van der Waals surface area (Å²) in [6.45, 7) is 5.72. The van der Waals surface area contributed by atoms with Crippen LogP contribution >= 0.6 is 12.2 Å². The van der Waals surface area contributed by atoms with Crippen molar-refractivity contribution in [2.24, 2.45) is 0 Å². The van der Waals surface area contributed by atoms with Gasteiger partial charge in [-0.1, -0.05) is 0 Å². The van der Waals surface area contributed by atoms with E-state index >= 15 is 0 Å². The smallest absolute Gasteiger partial charge is 0.414 e. The van der Waals surface area contributed by atoms with Crippen LogP contribution in [0.3, 0.4) is 0 Å². The van der Waals surface area contributed by atoms with E-state index in [0.29, 0.717) is 6.61 Å². The predicted octanol–water partition coefficient (Wildman–Crippen LogP) is -1.09. The van der Waals surface area contributed by atoms with Crippen LogP contribution in [0.5, 0.6) is 0 Å². The Balaban J connectivity index is 0.000000511. The molecule has 1 fully saturated rings. The molecule has 8 nitrogen and oxygen atoms in total. The van der Waals surface area contributed by atoms with Gasteiger partial charge in [0, 0.05) is 39.8 Å². The third kappa shape index (κ3) is 8.62. The number of methoxy groups -OCH3 is 1. The largest absolute Gasteiger partial charge is 0.473 e. The summed E-state index contributed by atoms with van der Waals surface area (Å²) in [6.07, 6.45) is 0. The van der Waals surface area contributed by atoms with Crippen molar-refractivity contribution in [1.82, 2.24) is 15.1 Å². The zero-order chi connectivity index (χ0) is 15.5. The summed E-state index contributed by atoms with van der Waals surface area (Å²) in [5, 5.41) is 18.8. The lowest BCUT2D eigenvalue weighted by molar-refractivity contribution is -0.159. The molecular weight excluding hydrogens is 286 g/mol. The summed E-state index contributed by atoms with van der Waals surface area (Å²) in [7, 11) is 3.83. The van der Waals surface area contributed by atoms with E-state index in [1.165, 1.54) is 0 Å². The Morgan fingerprint density at radius 1 is 1.20 bits per heavy atom. The van der Waals surface area contributed by atoms with Gasteiger partial charge in [-0.3, -0.25) is 0 Å². The average molecular weight is 307 g/mol. The van der Waals surface area contributed by atoms with Crippen molar-refractivity contribution in [3.63, 3.8) is 0 Å². The van der Waals surface area contributed by atoms with E-state index in [-0.39, 0.29) is 0 Å². The van der Waals surface area contributed by atoms with Crippen LogP contribution in [0.15, 0.2) is 0 Å². The Labute approximate surface area is 123 Å². The Bertz CT molecular complexity index is 320. The lowest BCUT2D eigenvalue weighted by atomic mass is 10.3. The lowest BCUT2D eigenvalue weighted by Crippen LogP contribution is -2.50. The van der Waals surface area contributed by atoms with E-state index in [1.807, 2.05) is 0 Å². The first kappa shape index (κ1) is 18.6. The highest BCUT2D eigenvalue weighted by Crippen LogP contribution is 1.99. The van der Waals surface area contributed by atoms with Crippen LogP contribution in [0.2, 0.25) is 0 Å². The summed E-state index contributed by atoms with van der Waals surface area (Å²) in [6, 6.07) is 0. The molecule has 0 atom stereocenters. The molecule has 0 saturated carbocycles. The molecule has 0 bridgehead atoms. The van der Waals surface area contributed by atoms with Crippen LogP contribution in [0.25, 0.3) is 0 Å². The van der Waals surface area contributed by atoms with Gasteiger partial charge in [0.25, 0.3) is 0 Å². The standard InChI is InChI=1S/C9H19N3OS.C2H2O4/c1-11-4-6-12(7-5-11)9(14)10-3-8-13-2;3-1(4)2(5)6/h3-8H2,1-2H3,(H,10,14);(H,3,4)(H,5,6). The van der Waals surface area contributed by atoms with Crippen molar-refractivity contribution in [2.75, 3.05) is 53.5 Å². The van der Waals surface area contributed by atoms with Crippen LogP contribution in [0.1, 0.15) is 0 Å². The summed E-state index contributed by atoms with van der Waals surface area (Å²) >= 11 is 5.27. The molecule has 1 heterocycles. The van der Waals surface area contributed by atoms with Gasteiger partial charge in [-0.05, 0) is 19.3 Å². The van der Waals surface area contributed by atoms with Gasteiger partial charge in [-0.2, -0.15) is 0 Å². The number of nitrogens with one attached hydrogen (secondary N) is 1. The first-order valence-corrected chi connectivity index (χ1v) is 6.45. The first-order chi connectivity index (χ1) is 9.38. The molecule has 116 valence electrons. The molecule has 1 rings (SSSR count). The maximum absolute atomic E-state index is 9.10. The monoisotopic (exact) mass is 307 g/mol. The zero-order valence-corrected chi connectivity index (χ0v) is 12.5. The molecule has 0 aromatic heterocycles. The number of piperazine rings is 1. The van der Waals surface area contributed by atoms with Crippen LogP contribution < -0.4 is 5.32 Å². The van der Waals surface area contributed by atoms with Crippen LogP contribution in [-0.4, -0.2) is 90.6 Å². The van der Waals surface area contributed by atoms with Crippen molar-refractivity contribution >= 4 is 29.3 Å². The van der Waals surface area contributed by atoms with E-state index in [0.717, 1.165) is 37.8 Å². The maximum Gasteiger partial charge on any atom is 0.414 e. The number of carboxylic acid groups (broad SMARTS) is 2. The number of carboxylic acids is 2. The number of hydrogen-bond donors (Lipinski definition) is 3. The van der Waals surface area contributed by atoms with Crippen molar-refractivity contribution in [1.29, 1.82) is 0 Å². The van der Waals surface area contributed by atoms with Gasteiger partial charge in [0.2, 0.25) is 0 Å². The minimum absolute atomic E-state index is 0.702. The summed E-state index contributed by atoms with van der Waals surface area (Å²) in [4.78, 5) is 22.7. The van der Waals surface area contributed by atoms with Crippen molar-refractivity contribution in [3.05, 3.63) is 0 Å². The number of thiocarbonyl (C=S) groups is 1. The van der Waals surface area contributed by atoms with Crippen molar-refractivity contribution in [3.8, 4) is 0 Å². The third-order valence-electron chi connectivity index (χ3n) is 2.56. The highest BCUT2D eigenvalue weighted by atomic mass is 32.1. The van der Waals surface area contributed by atoms with Crippen LogP contribution in [0, 0.1) is 0 Å². The topological polar surface area (TPSA) is 102 Å². The highest BCUT2D eigenvalue weighted by molar-refractivity contribution is 7.80. The molecule has 1 saturated heterocycles. The second-order valence-corrected chi connectivity index (χ2v) is 4.51. The number of nitrogens with zero attached hydrogens (tertiary/aromatic N) is 2. The molecule has 20 heavy (non-hydrogen) atoms. The van der Waals surface area contributed by atoms with E-state index in [1.54, 1.807) is 7.11 Å². The number of ether oxygens (including phenoxy) is 1. The molecule has 1 aliphatic rings. The molecule has 0 radical (unpaired) electrons. The molecule has 0 aromatic rings. The van der Waals surface area contributed by atoms with E-state index < -0.39 is 11.9 Å². The number of hydrogen-bond acceptors (Lipinski definition) is 5. The van der Waals surface area contributed by atoms with Crippen LogP contribution in [0.4, 0.5) is 0 Å². The van der Waals surface area contributed by atoms with Gasteiger partial charge in [0.15, 0.2) is 5.11 Å². The molecule has 0 aromatic carbocycles. The van der Waals surface area contributed by atoms with E-state index in [2.05, 4.69) is 22.2 Å². The lowest BCUT2D eigenvalue weighted by Gasteiger charge is -2.34. The number of aliphatic carboxylic acids is 2. The van der Waals surface area contributed by atoms with Gasteiger partial charge in [-0.25, -0.2) is 9.59 Å². The summed E-state index contributed by atoms with van der Waals surface area (Å²) < 4.78 is 4.95. The SMILES string of the molecule is COCCNC(=S)N1CCN(C)CC1.O=C(O)C(=O)O. The molecule has 9 heteroatoms. The van der Waals surface area contributed by atoms with Crippen molar-refractivity contribution in [2.45, 2.75) is 0 Å². The fraction of sp³-hybridized carbons (Fsp3) is 0.727. The predicted molar refractivity (Wildman–Crippen MR) is 76.8 cm³/mol. The number of rotatable bonds is 3. The van der Waals surface area contributed by atoms with Gasteiger partial charge < -0.3 is 30.1 Å². The van der Waals surface area contributed by atoms with Gasteiger partial charge in [0.1, 0.15) is 0 Å². The molecular formula is C11H21N3O5S. The van der Waals surface area contributed by atoms with E-state index in [9.17, 15) is 0 Å². The molecule has 0 amide bonds. The number of likely N-dealkylation sites (N-methyl/N-ethyl adjacent to an activating group) is 1. The fourth-order valence-corrected chi connectivity index (χ4v) is 1.67. The second-order valence-electron chi connectivity index (χ2n) is 4.13. The Hall–Kier alpha value is -1.45. The Morgan fingerprint density at radius 3 is 2.10 bits per heavy atom. The van der Waals surface area contributed by atoms with E-state index in [4.69, 9.17) is 36.8 Å². The molecule has 1 aliphatic heterocycles. The van der Waals surface area contributed by atoms with Gasteiger partial charge in [0.05, 0.1) is 6.61 Å². The minimum atomic E-state index is -1.82. The van der Waals surface area contributed by atoms with Gasteiger partial charge in [-0.15, -0.1) is 0 Å². The molecule has 0 spiro atoms. The summed E-state index contributed by atoms with van der Waals surface area (Å²) in [5.41, 5.74) is 0. The third-order valence-corrected chi connectivity index (χ3v) is 2.96. The first-order valence-electron chi connectivity index (χ1n) is 6.05. The van der Waals surface area contributed by atoms with Gasteiger partial charge >= 0.3 is 11.9 Å². The maximum atomic E-state index is 9.10. The summed E-state index contributed by atoms with van der Waals surface area (Å²) in [5.74, 6) is -3.65. The Kier molecular flexibility index (Phi) is 9.60. The molecule has 0 aliphatic carbocycles. The number of carbonyl (C=O) groups is 2. The minimum Gasteiger partial charge on any atom is -0.473 e. The molecule has 0 unspecified atom stereocenters.